The van der Waals surface area contributed by atoms with Gasteiger partial charge in [0.1, 0.15) is 4.21 Å². The Hall–Kier alpha value is -0.920. The summed E-state index contributed by atoms with van der Waals surface area (Å²) < 4.78 is 26.8. The van der Waals surface area contributed by atoms with Crippen molar-refractivity contribution in [3.63, 3.8) is 0 Å². The van der Waals surface area contributed by atoms with E-state index in [1.165, 1.54) is 15.6 Å². The average molecular weight is 317 g/mol. The van der Waals surface area contributed by atoms with Gasteiger partial charge < -0.3 is 5.11 Å². The molecule has 1 N–H and O–H groups in total. The second kappa shape index (κ2) is 5.46. The first kappa shape index (κ1) is 15.5. The van der Waals surface area contributed by atoms with Gasteiger partial charge in [-0.15, -0.1) is 11.3 Å². The number of sulfonamides is 1. The number of aryl methyl sites for hydroxylation is 1. The van der Waals surface area contributed by atoms with Gasteiger partial charge in [0.2, 0.25) is 0 Å². The van der Waals surface area contributed by atoms with Crippen LogP contribution in [0, 0.1) is 12.3 Å². The van der Waals surface area contributed by atoms with Gasteiger partial charge in [0.15, 0.2) is 0 Å². The Morgan fingerprint density at radius 2 is 2.20 bits per heavy atom. The zero-order valence-electron chi connectivity index (χ0n) is 11.6. The van der Waals surface area contributed by atoms with Crippen molar-refractivity contribution in [1.82, 2.24) is 4.31 Å². The first-order valence-corrected chi connectivity index (χ1v) is 8.87. The summed E-state index contributed by atoms with van der Waals surface area (Å²) in [5, 5.41) is 9.43. The van der Waals surface area contributed by atoms with Gasteiger partial charge in [-0.3, -0.25) is 4.79 Å². The fourth-order valence-electron chi connectivity index (χ4n) is 2.59. The molecule has 1 aromatic rings. The molecular formula is C13H19NO4S2. The van der Waals surface area contributed by atoms with Crippen molar-refractivity contribution >= 4 is 27.3 Å². The largest absolute Gasteiger partial charge is 0.481 e. The fourth-order valence-corrected chi connectivity index (χ4v) is 5.59. The van der Waals surface area contributed by atoms with Crippen molar-refractivity contribution in [2.45, 2.75) is 37.3 Å². The molecule has 2 heterocycles. The van der Waals surface area contributed by atoms with Crippen LogP contribution in [0.3, 0.4) is 0 Å². The molecule has 0 amide bonds. The lowest BCUT2D eigenvalue weighted by atomic mass is 9.78. The highest BCUT2D eigenvalue weighted by molar-refractivity contribution is 7.91. The highest BCUT2D eigenvalue weighted by Gasteiger charge is 2.44. The quantitative estimate of drug-likeness (QED) is 0.925. The number of carboxylic acids is 1. The van der Waals surface area contributed by atoms with E-state index in [1.807, 2.05) is 6.92 Å². The third-order valence-electron chi connectivity index (χ3n) is 3.98. The Labute approximate surface area is 123 Å². The zero-order valence-corrected chi connectivity index (χ0v) is 13.3. The van der Waals surface area contributed by atoms with Gasteiger partial charge in [-0.25, -0.2) is 8.42 Å². The van der Waals surface area contributed by atoms with Crippen LogP contribution in [0.25, 0.3) is 0 Å². The van der Waals surface area contributed by atoms with Crippen molar-refractivity contribution in [2.24, 2.45) is 5.41 Å². The van der Waals surface area contributed by atoms with Crippen LogP contribution in [0.4, 0.5) is 0 Å². The lowest BCUT2D eigenvalue weighted by Crippen LogP contribution is -2.49. The highest BCUT2D eigenvalue weighted by Crippen LogP contribution is 2.36. The molecule has 1 fully saturated rings. The molecule has 0 saturated carbocycles. The third-order valence-corrected chi connectivity index (χ3v) is 7.30. The van der Waals surface area contributed by atoms with E-state index in [1.54, 1.807) is 19.1 Å². The second-order valence-corrected chi connectivity index (χ2v) is 8.70. The Kier molecular flexibility index (Phi) is 4.22. The van der Waals surface area contributed by atoms with Crippen LogP contribution in [0.1, 0.15) is 31.1 Å². The van der Waals surface area contributed by atoms with E-state index < -0.39 is 21.4 Å². The lowest BCUT2D eigenvalue weighted by molar-refractivity contribution is -0.151. The Morgan fingerprint density at radius 3 is 2.70 bits per heavy atom. The Balaban J connectivity index is 2.31. The summed E-state index contributed by atoms with van der Waals surface area (Å²) >= 11 is 1.23. The molecule has 20 heavy (non-hydrogen) atoms. The molecule has 112 valence electrons. The normalized spacial score (nSPS) is 24.7. The Bertz CT molecular complexity index is 608. The smallest absolute Gasteiger partial charge is 0.310 e. The third kappa shape index (κ3) is 2.62. The van der Waals surface area contributed by atoms with E-state index in [-0.39, 0.29) is 6.54 Å². The van der Waals surface area contributed by atoms with Crippen molar-refractivity contribution < 1.29 is 18.3 Å². The number of rotatable bonds is 4. The van der Waals surface area contributed by atoms with E-state index in [9.17, 15) is 18.3 Å². The van der Waals surface area contributed by atoms with E-state index in [0.717, 1.165) is 4.88 Å². The molecule has 1 aliphatic heterocycles. The molecule has 5 nitrogen and oxygen atoms in total. The maximum atomic E-state index is 12.6. The molecule has 0 aliphatic carbocycles. The van der Waals surface area contributed by atoms with Crippen molar-refractivity contribution in [2.75, 3.05) is 13.1 Å². The SMILES string of the molecule is CCC1(C(=O)O)CCCN(S(=O)(=O)c2ccc(C)s2)C1. The molecule has 1 aromatic heterocycles. The molecule has 0 aromatic carbocycles. The maximum Gasteiger partial charge on any atom is 0.310 e. The van der Waals surface area contributed by atoms with Gasteiger partial charge in [-0.1, -0.05) is 6.92 Å². The monoisotopic (exact) mass is 317 g/mol. The minimum Gasteiger partial charge on any atom is -0.481 e. The first-order chi connectivity index (χ1) is 9.32. The predicted molar refractivity (Wildman–Crippen MR) is 77.4 cm³/mol. The van der Waals surface area contributed by atoms with Gasteiger partial charge in [-0.2, -0.15) is 4.31 Å². The number of carboxylic acid groups (broad SMARTS) is 1. The summed E-state index contributed by atoms with van der Waals surface area (Å²) in [4.78, 5) is 12.4. The standard InChI is InChI=1S/C13H19NO4S2/c1-3-13(12(15)16)7-4-8-14(9-13)20(17,18)11-6-5-10(2)19-11/h5-6H,3-4,7-9H2,1-2H3,(H,15,16). The summed E-state index contributed by atoms with van der Waals surface area (Å²) in [6.07, 6.45) is 1.57. The number of hydrogen-bond donors (Lipinski definition) is 1. The van der Waals surface area contributed by atoms with Gasteiger partial charge in [0.25, 0.3) is 10.0 Å². The molecule has 0 bridgehead atoms. The molecule has 0 spiro atoms. The fraction of sp³-hybridized carbons (Fsp3) is 0.615. The van der Waals surface area contributed by atoms with Crippen molar-refractivity contribution in [1.29, 1.82) is 0 Å². The van der Waals surface area contributed by atoms with Gasteiger partial charge in [0.05, 0.1) is 5.41 Å². The van der Waals surface area contributed by atoms with Gasteiger partial charge in [-0.05, 0) is 38.3 Å². The summed E-state index contributed by atoms with van der Waals surface area (Å²) in [7, 11) is -3.57. The summed E-state index contributed by atoms with van der Waals surface area (Å²) in [5.74, 6) is -0.901. The number of carbonyl (C=O) groups is 1. The lowest BCUT2D eigenvalue weighted by Gasteiger charge is -2.38. The van der Waals surface area contributed by atoms with Gasteiger partial charge in [0, 0.05) is 18.0 Å². The van der Waals surface area contributed by atoms with Gasteiger partial charge >= 0.3 is 5.97 Å². The molecule has 7 heteroatoms. The molecule has 1 aliphatic rings. The number of thiophene rings is 1. The molecule has 1 saturated heterocycles. The molecular weight excluding hydrogens is 298 g/mol. The van der Waals surface area contributed by atoms with Crippen LogP contribution in [0.2, 0.25) is 0 Å². The van der Waals surface area contributed by atoms with Crippen LogP contribution in [-0.2, 0) is 14.8 Å². The number of hydrogen-bond acceptors (Lipinski definition) is 4. The molecule has 2 rings (SSSR count). The second-order valence-electron chi connectivity index (χ2n) is 5.25. The van der Waals surface area contributed by atoms with Crippen LogP contribution >= 0.6 is 11.3 Å². The summed E-state index contributed by atoms with van der Waals surface area (Å²) in [5.41, 5.74) is -0.947. The zero-order chi connectivity index (χ0) is 15.0. The van der Waals surface area contributed by atoms with Crippen molar-refractivity contribution in [3.8, 4) is 0 Å². The van der Waals surface area contributed by atoms with E-state index in [4.69, 9.17) is 0 Å². The summed E-state index contributed by atoms with van der Waals surface area (Å²) in [6, 6.07) is 3.37. The first-order valence-electron chi connectivity index (χ1n) is 6.62. The van der Waals surface area contributed by atoms with E-state index in [0.29, 0.717) is 30.0 Å². The van der Waals surface area contributed by atoms with E-state index in [2.05, 4.69) is 0 Å². The van der Waals surface area contributed by atoms with E-state index >= 15 is 0 Å². The Morgan fingerprint density at radius 1 is 1.50 bits per heavy atom. The number of nitrogens with zero attached hydrogens (tertiary/aromatic N) is 1. The number of aliphatic carboxylic acids is 1. The van der Waals surface area contributed by atoms with Crippen LogP contribution < -0.4 is 0 Å². The topological polar surface area (TPSA) is 74.7 Å². The minimum atomic E-state index is -3.57. The molecule has 1 unspecified atom stereocenters. The van der Waals surface area contributed by atoms with Crippen LogP contribution in [0.5, 0.6) is 0 Å². The average Bonchev–Trinajstić information content (AvgIpc) is 2.86. The highest BCUT2D eigenvalue weighted by atomic mass is 32.2. The summed E-state index contributed by atoms with van der Waals surface area (Å²) in [6.45, 7) is 4.12. The van der Waals surface area contributed by atoms with Crippen molar-refractivity contribution in [3.05, 3.63) is 17.0 Å². The molecule has 1 atom stereocenters. The number of piperidine rings is 1. The minimum absolute atomic E-state index is 0.0676. The molecule has 0 radical (unpaired) electrons. The maximum absolute atomic E-state index is 12.6. The van der Waals surface area contributed by atoms with Crippen LogP contribution in [-0.4, -0.2) is 36.9 Å². The predicted octanol–water partition coefficient (Wildman–Crippen LogP) is 2.32. The van der Waals surface area contributed by atoms with Crippen LogP contribution in [0.15, 0.2) is 16.3 Å².